The number of benzene rings is 1. The van der Waals surface area contributed by atoms with Crippen LogP contribution in [-0.4, -0.2) is 52.3 Å². The largest absolute Gasteiger partial charge is 0.472 e. The fourth-order valence-corrected chi connectivity index (χ4v) is 5.76. The number of piperidine rings is 1. The first-order valence-corrected chi connectivity index (χ1v) is 11.3. The van der Waals surface area contributed by atoms with Gasteiger partial charge in [0.2, 0.25) is 5.88 Å². The Labute approximate surface area is 183 Å². The molecule has 3 aliphatic heterocycles. The molecule has 6 nitrogen and oxygen atoms in total. The predicted octanol–water partition coefficient (Wildman–Crippen LogP) is 4.40. The molecule has 2 aromatic heterocycles. The maximum atomic E-state index is 6.13. The summed E-state index contributed by atoms with van der Waals surface area (Å²) in [6, 6.07) is 12.9. The Bertz CT molecular complexity index is 1120. The van der Waals surface area contributed by atoms with E-state index in [1.165, 1.54) is 42.4 Å². The first-order chi connectivity index (χ1) is 15.1. The van der Waals surface area contributed by atoms with Gasteiger partial charge < -0.3 is 14.5 Å². The van der Waals surface area contributed by atoms with Gasteiger partial charge in [-0.1, -0.05) is 12.1 Å². The molecule has 2 bridgehead atoms. The monoisotopic (exact) mass is 415 g/mol. The van der Waals surface area contributed by atoms with Crippen molar-refractivity contribution in [1.82, 2.24) is 20.1 Å². The minimum absolute atomic E-state index is 0.547. The third kappa shape index (κ3) is 3.04. The fraction of sp³-hybridized carbons (Fsp3) is 0.440. The SMILES string of the molecule is Cc1[nH]ncc1-c1ccc2c(c1)COc1nc(N(C)C3C[C@H]4CC[C@@H](C3)N4C)ccc1-2. The number of nitrogens with zero attached hydrogens (tertiary/aromatic N) is 4. The van der Waals surface area contributed by atoms with Crippen LogP contribution in [0.3, 0.4) is 0 Å². The fourth-order valence-electron chi connectivity index (χ4n) is 5.76. The van der Waals surface area contributed by atoms with Gasteiger partial charge in [0.15, 0.2) is 0 Å². The number of aromatic amines is 1. The molecule has 0 aliphatic carbocycles. The molecule has 5 heterocycles. The van der Waals surface area contributed by atoms with Crippen molar-refractivity contribution in [3.63, 3.8) is 0 Å². The lowest BCUT2D eigenvalue weighted by Crippen LogP contribution is -2.48. The molecule has 3 aliphatic rings. The van der Waals surface area contributed by atoms with Crippen LogP contribution >= 0.6 is 0 Å². The number of rotatable bonds is 3. The van der Waals surface area contributed by atoms with E-state index in [1.807, 2.05) is 13.1 Å². The summed E-state index contributed by atoms with van der Waals surface area (Å²) in [6.07, 6.45) is 7.00. The Kier molecular flexibility index (Phi) is 4.32. The average Bonchev–Trinajstić information content (AvgIpc) is 3.29. The van der Waals surface area contributed by atoms with Gasteiger partial charge in [0.05, 0.1) is 6.20 Å². The summed E-state index contributed by atoms with van der Waals surface area (Å²) in [7, 11) is 4.49. The van der Waals surface area contributed by atoms with E-state index in [4.69, 9.17) is 9.72 Å². The van der Waals surface area contributed by atoms with Crippen molar-refractivity contribution in [1.29, 1.82) is 0 Å². The van der Waals surface area contributed by atoms with E-state index in [0.717, 1.165) is 40.6 Å². The number of hydrogen-bond donors (Lipinski definition) is 1. The van der Waals surface area contributed by atoms with Crippen molar-refractivity contribution in [2.24, 2.45) is 0 Å². The molecule has 0 amide bonds. The molecule has 1 N–H and O–H groups in total. The van der Waals surface area contributed by atoms with Gasteiger partial charge >= 0.3 is 0 Å². The summed E-state index contributed by atoms with van der Waals surface area (Å²) in [5, 5.41) is 7.17. The summed E-state index contributed by atoms with van der Waals surface area (Å²) >= 11 is 0. The van der Waals surface area contributed by atoms with Crippen molar-refractivity contribution in [2.45, 2.75) is 57.3 Å². The molecule has 6 rings (SSSR count). The average molecular weight is 416 g/mol. The number of anilines is 1. The van der Waals surface area contributed by atoms with Crippen molar-refractivity contribution < 1.29 is 4.74 Å². The van der Waals surface area contributed by atoms with Crippen LogP contribution in [0, 0.1) is 6.92 Å². The Morgan fingerprint density at radius 3 is 2.58 bits per heavy atom. The highest BCUT2D eigenvalue weighted by Gasteiger charge is 2.40. The first kappa shape index (κ1) is 18.9. The van der Waals surface area contributed by atoms with Crippen LogP contribution in [0.1, 0.15) is 36.9 Å². The lowest BCUT2D eigenvalue weighted by molar-refractivity contribution is 0.160. The van der Waals surface area contributed by atoms with Gasteiger partial charge in [-0.05, 0) is 74.5 Å². The van der Waals surface area contributed by atoms with E-state index in [9.17, 15) is 0 Å². The lowest BCUT2D eigenvalue weighted by atomic mass is 9.94. The molecule has 1 unspecified atom stereocenters. The highest BCUT2D eigenvalue weighted by atomic mass is 16.5. The van der Waals surface area contributed by atoms with Gasteiger partial charge in [0.1, 0.15) is 12.4 Å². The zero-order valence-electron chi connectivity index (χ0n) is 18.4. The predicted molar refractivity (Wildman–Crippen MR) is 122 cm³/mol. The van der Waals surface area contributed by atoms with E-state index in [0.29, 0.717) is 12.6 Å². The van der Waals surface area contributed by atoms with Crippen LogP contribution < -0.4 is 9.64 Å². The van der Waals surface area contributed by atoms with E-state index in [1.54, 1.807) is 0 Å². The lowest BCUT2D eigenvalue weighted by Gasteiger charge is -2.41. The third-order valence-electron chi connectivity index (χ3n) is 7.73. The molecule has 0 saturated carbocycles. The van der Waals surface area contributed by atoms with Crippen molar-refractivity contribution in [3.8, 4) is 28.1 Å². The molecule has 6 heteroatoms. The molecular formula is C25H29N5O. The van der Waals surface area contributed by atoms with Gasteiger partial charge in [-0.15, -0.1) is 0 Å². The molecular weight excluding hydrogens is 386 g/mol. The van der Waals surface area contributed by atoms with Crippen LogP contribution in [0.5, 0.6) is 5.88 Å². The quantitative estimate of drug-likeness (QED) is 0.687. The number of aromatic nitrogens is 3. The topological polar surface area (TPSA) is 57.3 Å². The van der Waals surface area contributed by atoms with Crippen molar-refractivity contribution in [3.05, 3.63) is 47.8 Å². The maximum absolute atomic E-state index is 6.13. The van der Waals surface area contributed by atoms with Crippen LogP contribution in [-0.2, 0) is 6.61 Å². The molecule has 0 radical (unpaired) electrons. The number of ether oxygens (including phenoxy) is 1. The van der Waals surface area contributed by atoms with Crippen LogP contribution in [0.25, 0.3) is 22.3 Å². The Hall–Kier alpha value is -2.86. The highest BCUT2D eigenvalue weighted by molar-refractivity contribution is 5.78. The third-order valence-corrected chi connectivity index (χ3v) is 7.73. The van der Waals surface area contributed by atoms with E-state index < -0.39 is 0 Å². The van der Waals surface area contributed by atoms with Gasteiger partial charge in [0.25, 0.3) is 0 Å². The zero-order chi connectivity index (χ0) is 21.1. The second-order valence-electron chi connectivity index (χ2n) is 9.38. The number of hydrogen-bond acceptors (Lipinski definition) is 5. The first-order valence-electron chi connectivity index (χ1n) is 11.3. The molecule has 31 heavy (non-hydrogen) atoms. The Morgan fingerprint density at radius 2 is 1.84 bits per heavy atom. The van der Waals surface area contributed by atoms with E-state index >= 15 is 0 Å². The van der Waals surface area contributed by atoms with Crippen LogP contribution in [0.2, 0.25) is 0 Å². The maximum Gasteiger partial charge on any atom is 0.223 e. The Balaban J connectivity index is 1.28. The molecule has 3 atom stereocenters. The van der Waals surface area contributed by atoms with Gasteiger partial charge in [-0.3, -0.25) is 5.10 Å². The molecule has 0 spiro atoms. The van der Waals surface area contributed by atoms with Gasteiger partial charge in [0, 0.05) is 42.0 Å². The Morgan fingerprint density at radius 1 is 1.06 bits per heavy atom. The van der Waals surface area contributed by atoms with Gasteiger partial charge in [-0.2, -0.15) is 10.1 Å². The number of H-pyrrole nitrogens is 1. The standard InChI is InChI=1S/C25H29N5O/c1-15-23(13-26-28-15)16-4-7-21-17(10-16)14-31-25-22(21)8-9-24(27-25)30(3)20-11-18-5-6-19(12-20)29(18)2/h4,7-10,13,18-20H,5-6,11-12,14H2,1-3H3,(H,26,28)/t18-,19+,20?. The molecule has 2 fully saturated rings. The normalized spacial score (nSPS) is 24.4. The molecule has 3 aromatic rings. The molecule has 2 saturated heterocycles. The second-order valence-corrected chi connectivity index (χ2v) is 9.38. The van der Waals surface area contributed by atoms with Crippen molar-refractivity contribution >= 4 is 5.82 Å². The number of pyridine rings is 1. The second kappa shape index (κ2) is 7.09. The number of nitrogens with one attached hydrogen (secondary N) is 1. The van der Waals surface area contributed by atoms with E-state index in [2.05, 4.69) is 64.4 Å². The molecule has 160 valence electrons. The number of aryl methyl sites for hydroxylation is 1. The van der Waals surface area contributed by atoms with Crippen molar-refractivity contribution in [2.75, 3.05) is 19.0 Å². The summed E-state index contributed by atoms with van der Waals surface area (Å²) in [6.45, 7) is 2.59. The summed E-state index contributed by atoms with van der Waals surface area (Å²) in [5.74, 6) is 1.77. The minimum Gasteiger partial charge on any atom is -0.472 e. The summed E-state index contributed by atoms with van der Waals surface area (Å²) in [4.78, 5) is 9.90. The smallest absolute Gasteiger partial charge is 0.223 e. The van der Waals surface area contributed by atoms with Gasteiger partial charge in [-0.25, -0.2) is 0 Å². The summed E-state index contributed by atoms with van der Waals surface area (Å²) < 4.78 is 6.13. The zero-order valence-corrected chi connectivity index (χ0v) is 18.4. The van der Waals surface area contributed by atoms with Crippen LogP contribution in [0.4, 0.5) is 5.82 Å². The summed E-state index contributed by atoms with van der Waals surface area (Å²) in [5.41, 5.74) is 6.87. The number of fused-ring (bicyclic) bond motifs is 5. The highest BCUT2D eigenvalue weighted by Crippen LogP contribution is 2.41. The van der Waals surface area contributed by atoms with E-state index in [-0.39, 0.29) is 0 Å². The van der Waals surface area contributed by atoms with Crippen LogP contribution in [0.15, 0.2) is 36.5 Å². The molecule has 1 aromatic carbocycles. The minimum atomic E-state index is 0.547.